The van der Waals surface area contributed by atoms with Crippen LogP contribution in [0, 0.1) is 11.3 Å². The second kappa shape index (κ2) is 6.99. The van der Waals surface area contributed by atoms with Gasteiger partial charge < -0.3 is 9.84 Å². The largest absolute Gasteiger partial charge is 0.476 e. The van der Waals surface area contributed by atoms with Crippen LogP contribution in [0.3, 0.4) is 0 Å². The van der Waals surface area contributed by atoms with Crippen LogP contribution in [0.5, 0.6) is 0 Å². The molecule has 5 rings (SSSR count). The third kappa shape index (κ3) is 3.02. The summed E-state index contributed by atoms with van der Waals surface area (Å²) >= 11 is 0. The molecule has 0 saturated heterocycles. The minimum Gasteiger partial charge on any atom is -0.476 e. The van der Waals surface area contributed by atoms with Gasteiger partial charge in [0, 0.05) is 5.92 Å². The lowest BCUT2D eigenvalue weighted by molar-refractivity contribution is 0.0692. The highest BCUT2D eigenvalue weighted by molar-refractivity contribution is 5.96. The quantitative estimate of drug-likeness (QED) is 0.653. The molecule has 3 aromatic rings. The molecule has 8 nitrogen and oxygen atoms in total. The van der Waals surface area contributed by atoms with E-state index in [1.165, 1.54) is 10.9 Å². The van der Waals surface area contributed by atoms with Crippen molar-refractivity contribution in [1.29, 1.82) is 5.26 Å². The van der Waals surface area contributed by atoms with Gasteiger partial charge in [-0.2, -0.15) is 5.26 Å². The Bertz CT molecular complexity index is 1210. The SMILES string of the molecule is N#CC1(n2cnc(C(=O)O)c2NC(=O)OCC2c3ccccc3-c3ccccc32)CC1. The fraction of sp³-hybridized carbons (Fsp3) is 0.217. The maximum absolute atomic E-state index is 12.6. The highest BCUT2D eigenvalue weighted by Gasteiger charge is 2.47. The Kier molecular flexibility index (Phi) is 4.26. The molecule has 0 aliphatic heterocycles. The first-order valence-electron chi connectivity index (χ1n) is 9.88. The van der Waals surface area contributed by atoms with Crippen LogP contribution in [0.4, 0.5) is 10.6 Å². The van der Waals surface area contributed by atoms with Crippen molar-refractivity contribution in [2.24, 2.45) is 0 Å². The zero-order valence-electron chi connectivity index (χ0n) is 16.4. The number of aromatic carboxylic acids is 1. The predicted molar refractivity (Wildman–Crippen MR) is 111 cm³/mol. The smallest absolute Gasteiger partial charge is 0.412 e. The lowest BCUT2D eigenvalue weighted by atomic mass is 9.98. The van der Waals surface area contributed by atoms with Crippen LogP contribution in [0.1, 0.15) is 40.4 Å². The molecule has 1 heterocycles. The minimum absolute atomic E-state index is 0.0382. The molecule has 2 aromatic carbocycles. The van der Waals surface area contributed by atoms with Gasteiger partial charge in [-0.25, -0.2) is 14.6 Å². The van der Waals surface area contributed by atoms with Gasteiger partial charge in [-0.05, 0) is 35.1 Å². The molecule has 0 atom stereocenters. The monoisotopic (exact) mass is 414 g/mol. The predicted octanol–water partition coefficient (Wildman–Crippen LogP) is 3.95. The van der Waals surface area contributed by atoms with Crippen molar-refractivity contribution in [3.05, 3.63) is 71.7 Å². The zero-order valence-corrected chi connectivity index (χ0v) is 16.4. The maximum Gasteiger partial charge on any atom is 0.412 e. The van der Waals surface area contributed by atoms with Gasteiger partial charge in [-0.15, -0.1) is 0 Å². The van der Waals surface area contributed by atoms with E-state index in [1.54, 1.807) is 0 Å². The van der Waals surface area contributed by atoms with Gasteiger partial charge in [0.2, 0.25) is 0 Å². The van der Waals surface area contributed by atoms with Crippen LogP contribution in [-0.2, 0) is 10.3 Å². The van der Waals surface area contributed by atoms with Crippen molar-refractivity contribution < 1.29 is 19.4 Å². The summed E-state index contributed by atoms with van der Waals surface area (Å²) < 4.78 is 6.92. The highest BCUT2D eigenvalue weighted by Crippen LogP contribution is 2.46. The van der Waals surface area contributed by atoms with E-state index >= 15 is 0 Å². The van der Waals surface area contributed by atoms with Crippen molar-refractivity contribution in [3.63, 3.8) is 0 Å². The number of carboxylic acid groups (broad SMARTS) is 1. The second-order valence-corrected chi connectivity index (χ2v) is 7.71. The number of amides is 1. The number of ether oxygens (including phenoxy) is 1. The van der Waals surface area contributed by atoms with Gasteiger partial charge in [-0.1, -0.05) is 48.5 Å². The molecule has 31 heavy (non-hydrogen) atoms. The number of hydrogen-bond donors (Lipinski definition) is 2. The van der Waals surface area contributed by atoms with Gasteiger partial charge in [-0.3, -0.25) is 9.88 Å². The van der Waals surface area contributed by atoms with Crippen LogP contribution < -0.4 is 5.32 Å². The molecule has 1 saturated carbocycles. The summed E-state index contributed by atoms with van der Waals surface area (Å²) in [4.78, 5) is 28.0. The molecule has 8 heteroatoms. The lowest BCUT2D eigenvalue weighted by Crippen LogP contribution is -2.24. The fourth-order valence-electron chi connectivity index (χ4n) is 4.21. The van der Waals surface area contributed by atoms with E-state index < -0.39 is 17.6 Å². The zero-order chi connectivity index (χ0) is 21.6. The molecule has 0 radical (unpaired) electrons. The normalized spacial score (nSPS) is 15.5. The summed E-state index contributed by atoms with van der Waals surface area (Å²) in [5.41, 5.74) is 3.19. The van der Waals surface area contributed by atoms with Gasteiger partial charge in [0.15, 0.2) is 11.5 Å². The maximum atomic E-state index is 12.6. The van der Waals surface area contributed by atoms with Gasteiger partial charge >= 0.3 is 12.1 Å². The van der Waals surface area contributed by atoms with Crippen LogP contribution in [0.2, 0.25) is 0 Å². The van der Waals surface area contributed by atoms with E-state index in [0.717, 1.165) is 22.3 Å². The Balaban J connectivity index is 1.37. The van der Waals surface area contributed by atoms with E-state index in [4.69, 9.17) is 4.74 Å². The Morgan fingerprint density at radius 1 is 1.16 bits per heavy atom. The molecule has 1 fully saturated rings. The highest BCUT2D eigenvalue weighted by atomic mass is 16.5. The third-order valence-corrected chi connectivity index (χ3v) is 5.93. The summed E-state index contributed by atoms with van der Waals surface area (Å²) in [6.07, 6.45) is 1.62. The number of nitrogens with one attached hydrogen (secondary N) is 1. The summed E-state index contributed by atoms with van der Waals surface area (Å²) in [5.74, 6) is -1.44. The number of carbonyl (C=O) groups excluding carboxylic acids is 1. The Morgan fingerprint density at radius 2 is 1.77 bits per heavy atom. The van der Waals surface area contributed by atoms with Crippen molar-refractivity contribution in [2.75, 3.05) is 11.9 Å². The molecule has 2 aliphatic rings. The van der Waals surface area contributed by atoms with E-state index in [2.05, 4.69) is 16.4 Å². The molecular formula is C23H18N4O4. The molecule has 0 unspecified atom stereocenters. The molecule has 1 aromatic heterocycles. The molecular weight excluding hydrogens is 396 g/mol. The Morgan fingerprint density at radius 3 is 2.32 bits per heavy atom. The Labute approximate surface area is 177 Å². The van der Waals surface area contributed by atoms with Gasteiger partial charge in [0.1, 0.15) is 12.1 Å². The average Bonchev–Trinajstić information content (AvgIpc) is 3.36. The van der Waals surface area contributed by atoms with Crippen molar-refractivity contribution in [3.8, 4) is 17.2 Å². The van der Waals surface area contributed by atoms with Crippen LogP contribution in [0.15, 0.2) is 54.9 Å². The van der Waals surface area contributed by atoms with Crippen LogP contribution >= 0.6 is 0 Å². The van der Waals surface area contributed by atoms with Crippen molar-refractivity contribution in [1.82, 2.24) is 9.55 Å². The first-order chi connectivity index (χ1) is 15.0. The topological polar surface area (TPSA) is 117 Å². The van der Waals surface area contributed by atoms with Gasteiger partial charge in [0.05, 0.1) is 12.4 Å². The number of nitrogens with zero attached hydrogens (tertiary/aromatic N) is 3. The second-order valence-electron chi connectivity index (χ2n) is 7.71. The number of carboxylic acids is 1. The van der Waals surface area contributed by atoms with Gasteiger partial charge in [0.25, 0.3) is 0 Å². The molecule has 2 N–H and O–H groups in total. The van der Waals surface area contributed by atoms with E-state index in [-0.39, 0.29) is 24.0 Å². The molecule has 2 aliphatic carbocycles. The van der Waals surface area contributed by atoms with Crippen molar-refractivity contribution >= 4 is 17.9 Å². The number of hydrogen-bond acceptors (Lipinski definition) is 5. The summed E-state index contributed by atoms with van der Waals surface area (Å²) in [7, 11) is 0. The van der Waals surface area contributed by atoms with Crippen LogP contribution in [-0.4, -0.2) is 33.3 Å². The number of aromatic nitrogens is 2. The average molecular weight is 414 g/mol. The first-order valence-corrected chi connectivity index (χ1v) is 9.88. The van der Waals surface area contributed by atoms with Crippen molar-refractivity contribution in [2.45, 2.75) is 24.3 Å². The standard InChI is InChI=1S/C23H18N4O4/c24-12-23(9-10-23)27-13-25-19(21(28)29)20(27)26-22(30)31-11-18-16-7-3-1-5-14(16)15-6-2-4-8-17(15)18/h1-8,13,18H,9-11H2,(H,26,30)(H,28,29). The van der Waals surface area contributed by atoms with E-state index in [9.17, 15) is 20.0 Å². The molecule has 1 amide bonds. The molecule has 154 valence electrons. The Hall–Kier alpha value is -4.12. The number of benzene rings is 2. The summed E-state index contributed by atoms with van der Waals surface area (Å²) in [6.45, 7) is 0.0970. The number of rotatable bonds is 5. The van der Waals surface area contributed by atoms with E-state index in [1.807, 2.05) is 48.5 Å². The fourth-order valence-corrected chi connectivity index (χ4v) is 4.21. The lowest BCUT2D eigenvalue weighted by Gasteiger charge is -2.16. The summed E-state index contributed by atoms with van der Waals surface area (Å²) in [5, 5.41) is 21.4. The van der Waals surface area contributed by atoms with E-state index in [0.29, 0.717) is 12.8 Å². The molecule has 0 spiro atoms. The molecule has 0 bridgehead atoms. The number of fused-ring (bicyclic) bond motifs is 3. The number of anilines is 1. The number of nitriles is 1. The minimum atomic E-state index is -1.29. The third-order valence-electron chi connectivity index (χ3n) is 5.93. The summed E-state index contributed by atoms with van der Waals surface area (Å²) in [6, 6.07) is 18.1. The van der Waals surface area contributed by atoms with Crippen LogP contribution in [0.25, 0.3) is 11.1 Å². The number of carbonyl (C=O) groups is 2. The number of imidazole rings is 1. The first kappa shape index (κ1) is 18.9.